The number of ether oxygens (including phenoxy) is 1. The lowest BCUT2D eigenvalue weighted by molar-refractivity contribution is 0.128. The fourth-order valence-corrected chi connectivity index (χ4v) is 3.55. The van der Waals surface area contributed by atoms with Gasteiger partial charge < -0.3 is 9.30 Å². The summed E-state index contributed by atoms with van der Waals surface area (Å²) in [6.07, 6.45) is 2.18. The number of nitriles is 1. The lowest BCUT2D eigenvalue weighted by Gasteiger charge is -2.10. The van der Waals surface area contributed by atoms with Gasteiger partial charge in [-0.05, 0) is 47.0 Å². The van der Waals surface area contributed by atoms with E-state index in [9.17, 15) is 13.0 Å². The topological polar surface area (TPSA) is 92.3 Å². The highest BCUT2D eigenvalue weighted by Crippen LogP contribution is 2.18. The molecule has 24 heavy (non-hydrogen) atoms. The molecule has 0 saturated heterocycles. The van der Waals surface area contributed by atoms with Crippen LogP contribution in [-0.4, -0.2) is 30.8 Å². The van der Waals surface area contributed by atoms with E-state index in [-0.39, 0.29) is 4.90 Å². The molecule has 0 spiro atoms. The van der Waals surface area contributed by atoms with Crippen molar-refractivity contribution in [2.45, 2.75) is 24.8 Å². The van der Waals surface area contributed by atoms with Crippen LogP contribution >= 0.6 is 15.9 Å². The Bertz CT molecular complexity index is 869. The molecular weight excluding hydrogens is 396 g/mol. The van der Waals surface area contributed by atoms with Crippen molar-refractivity contribution in [3.8, 4) is 6.07 Å². The second kappa shape index (κ2) is 7.94. The van der Waals surface area contributed by atoms with Crippen molar-refractivity contribution in [3.63, 3.8) is 0 Å². The number of halogens is 1. The fraction of sp³-hybridized carbons (Fsp3) is 0.312. The van der Waals surface area contributed by atoms with Gasteiger partial charge in [-0.25, -0.2) is 0 Å². The first kappa shape index (κ1) is 18.7. The minimum atomic E-state index is -4.24. The van der Waals surface area contributed by atoms with E-state index in [0.717, 1.165) is 10.0 Å². The molecule has 0 atom stereocenters. The van der Waals surface area contributed by atoms with Crippen LogP contribution in [0.2, 0.25) is 0 Å². The lowest BCUT2D eigenvalue weighted by atomic mass is 10.1. The molecule has 0 unspecified atom stereocenters. The number of aromatic nitrogens is 1. The second-order valence-electron chi connectivity index (χ2n) is 5.30. The molecule has 2 aromatic rings. The number of benzene rings is 1. The Hall–Kier alpha value is -1.66. The monoisotopic (exact) mass is 412 g/mol. The number of aryl methyl sites for hydroxylation is 1. The number of hydrogen-bond acceptors (Lipinski definition) is 4. The summed E-state index contributed by atoms with van der Waals surface area (Å²) in [6, 6.07) is 8.59. The van der Waals surface area contributed by atoms with Crippen molar-refractivity contribution in [2.24, 2.45) is 0 Å². The molecule has 1 aromatic carbocycles. The highest BCUT2D eigenvalue weighted by atomic mass is 79.9. The van der Waals surface area contributed by atoms with Gasteiger partial charge in [-0.2, -0.15) is 13.7 Å². The van der Waals surface area contributed by atoms with Crippen LogP contribution in [0.5, 0.6) is 0 Å². The van der Waals surface area contributed by atoms with E-state index in [0.29, 0.717) is 37.4 Å². The summed E-state index contributed by atoms with van der Waals surface area (Å²) in [7, 11) is -4.24. The zero-order valence-electron chi connectivity index (χ0n) is 13.1. The predicted octanol–water partition coefficient (Wildman–Crippen LogP) is 2.94. The highest BCUT2D eigenvalue weighted by molar-refractivity contribution is 9.10. The van der Waals surface area contributed by atoms with Crippen LogP contribution in [0, 0.1) is 18.3 Å². The molecule has 0 aliphatic rings. The Balaban J connectivity index is 1.91. The van der Waals surface area contributed by atoms with Crippen LogP contribution in [0.25, 0.3) is 0 Å². The van der Waals surface area contributed by atoms with Crippen LogP contribution in [0.4, 0.5) is 0 Å². The van der Waals surface area contributed by atoms with Crippen molar-refractivity contribution < 1.29 is 17.7 Å². The third-order valence-corrected chi connectivity index (χ3v) is 4.85. The number of nitrogens with zero attached hydrogens (tertiary/aromatic N) is 2. The van der Waals surface area contributed by atoms with Gasteiger partial charge in [0.15, 0.2) is 0 Å². The molecule has 2 rings (SSSR count). The van der Waals surface area contributed by atoms with Gasteiger partial charge in [-0.1, -0.05) is 17.7 Å². The van der Waals surface area contributed by atoms with E-state index in [4.69, 9.17) is 10.00 Å². The largest absolute Gasteiger partial charge is 0.379 e. The summed E-state index contributed by atoms with van der Waals surface area (Å²) < 4.78 is 40.2. The van der Waals surface area contributed by atoms with E-state index < -0.39 is 10.1 Å². The molecule has 0 radical (unpaired) electrons. The molecule has 0 bridgehead atoms. The van der Waals surface area contributed by atoms with Gasteiger partial charge in [0.2, 0.25) is 0 Å². The average Bonchev–Trinajstić information content (AvgIpc) is 2.85. The van der Waals surface area contributed by atoms with E-state index in [1.807, 2.05) is 6.92 Å². The Morgan fingerprint density at radius 3 is 2.75 bits per heavy atom. The van der Waals surface area contributed by atoms with Gasteiger partial charge in [-0.15, -0.1) is 0 Å². The third kappa shape index (κ3) is 4.92. The van der Waals surface area contributed by atoms with Crippen molar-refractivity contribution >= 4 is 26.0 Å². The summed E-state index contributed by atoms with van der Waals surface area (Å²) in [6.45, 7) is 3.08. The van der Waals surface area contributed by atoms with Gasteiger partial charge >= 0.3 is 0 Å². The summed E-state index contributed by atoms with van der Waals surface area (Å²) in [5.74, 6) is 0. The maximum absolute atomic E-state index is 11.4. The number of rotatable bonds is 7. The SMILES string of the molecule is Cc1ccc(S(=O)(=O)O)c(CCOCCn2cc(Br)cc2C#N)c1. The maximum atomic E-state index is 11.4. The Morgan fingerprint density at radius 1 is 1.33 bits per heavy atom. The summed E-state index contributed by atoms with van der Waals surface area (Å²) >= 11 is 3.32. The standard InChI is InChI=1S/C16H17BrN2O4S/c1-12-2-3-16(24(20,21)22)13(8-12)4-6-23-7-5-19-11-14(17)9-15(19)10-18/h2-3,8-9,11H,4-7H2,1H3,(H,20,21,22). The molecule has 0 aliphatic carbocycles. The minimum Gasteiger partial charge on any atom is -0.379 e. The summed E-state index contributed by atoms with van der Waals surface area (Å²) in [5, 5.41) is 9.00. The van der Waals surface area contributed by atoms with Gasteiger partial charge in [0.1, 0.15) is 11.8 Å². The van der Waals surface area contributed by atoms with E-state index in [1.54, 1.807) is 29.0 Å². The second-order valence-corrected chi connectivity index (χ2v) is 7.60. The van der Waals surface area contributed by atoms with Crippen molar-refractivity contribution in [3.05, 3.63) is 51.8 Å². The maximum Gasteiger partial charge on any atom is 0.294 e. The van der Waals surface area contributed by atoms with Crippen molar-refractivity contribution in [1.82, 2.24) is 4.57 Å². The van der Waals surface area contributed by atoms with Crippen molar-refractivity contribution in [2.75, 3.05) is 13.2 Å². The van der Waals surface area contributed by atoms with E-state index >= 15 is 0 Å². The summed E-state index contributed by atoms with van der Waals surface area (Å²) in [5.41, 5.74) is 1.98. The first-order valence-corrected chi connectivity index (χ1v) is 9.45. The molecule has 128 valence electrons. The first-order chi connectivity index (χ1) is 11.3. The third-order valence-electron chi connectivity index (χ3n) is 3.46. The molecule has 1 N–H and O–H groups in total. The molecule has 0 saturated carbocycles. The lowest BCUT2D eigenvalue weighted by Crippen LogP contribution is -2.10. The average molecular weight is 413 g/mol. The Kier molecular flexibility index (Phi) is 6.18. The molecule has 0 amide bonds. The quantitative estimate of drug-likeness (QED) is 0.557. The van der Waals surface area contributed by atoms with Crippen molar-refractivity contribution in [1.29, 1.82) is 5.26 Å². The molecule has 0 aliphatic heterocycles. The number of hydrogen-bond donors (Lipinski definition) is 1. The zero-order chi connectivity index (χ0) is 17.7. The molecule has 1 aromatic heterocycles. The van der Waals surface area contributed by atoms with Crippen LogP contribution < -0.4 is 0 Å². The zero-order valence-corrected chi connectivity index (χ0v) is 15.5. The first-order valence-electron chi connectivity index (χ1n) is 7.22. The van der Waals surface area contributed by atoms with E-state index in [1.165, 1.54) is 6.07 Å². The Morgan fingerprint density at radius 2 is 2.08 bits per heavy atom. The molecule has 1 heterocycles. The smallest absolute Gasteiger partial charge is 0.294 e. The molecule has 0 fully saturated rings. The van der Waals surface area contributed by atoms with Crippen LogP contribution in [-0.2, 0) is 27.8 Å². The Labute approximate surface area is 149 Å². The van der Waals surface area contributed by atoms with Gasteiger partial charge in [-0.3, -0.25) is 4.55 Å². The highest BCUT2D eigenvalue weighted by Gasteiger charge is 2.15. The van der Waals surface area contributed by atoms with Crippen LogP contribution in [0.1, 0.15) is 16.8 Å². The van der Waals surface area contributed by atoms with Crippen LogP contribution in [0.3, 0.4) is 0 Å². The fourth-order valence-electron chi connectivity index (χ4n) is 2.35. The normalized spacial score (nSPS) is 11.4. The van der Waals surface area contributed by atoms with Gasteiger partial charge in [0.05, 0.1) is 18.1 Å². The van der Waals surface area contributed by atoms with Gasteiger partial charge in [0, 0.05) is 17.2 Å². The minimum absolute atomic E-state index is 0.0854. The van der Waals surface area contributed by atoms with Crippen LogP contribution in [0.15, 0.2) is 39.8 Å². The van der Waals surface area contributed by atoms with E-state index in [2.05, 4.69) is 22.0 Å². The molecule has 6 nitrogen and oxygen atoms in total. The predicted molar refractivity (Wildman–Crippen MR) is 92.4 cm³/mol. The summed E-state index contributed by atoms with van der Waals surface area (Å²) in [4.78, 5) is -0.0854. The van der Waals surface area contributed by atoms with Gasteiger partial charge in [0.25, 0.3) is 10.1 Å². The molecular formula is C16H17BrN2O4S. The molecule has 8 heteroatoms.